The second-order valence-corrected chi connectivity index (χ2v) is 10.2. The first-order chi connectivity index (χ1) is 15.7. The molecule has 0 amide bonds. The highest BCUT2D eigenvalue weighted by Gasteiger charge is 2.33. The van der Waals surface area contributed by atoms with E-state index in [2.05, 4.69) is 26.9 Å². The standard InChI is InChI=1S/C18H30O15P2/c1-11(2)15(19)28-9-14(33-35(25,26)27)30-10-31-16(20)12(3)7-18(5,6)17(21)29-8-13(4)32-34(22,23)24/h13-14H,1,3,7-10H2,2,4-6H3,(H2,22,23,24)(H2,25,26,27). The first-order valence-corrected chi connectivity index (χ1v) is 12.7. The van der Waals surface area contributed by atoms with Gasteiger partial charge < -0.3 is 38.5 Å². The number of carbonyl (C=O) groups is 3. The van der Waals surface area contributed by atoms with Crippen LogP contribution in [0.3, 0.4) is 0 Å². The molecular weight excluding hydrogens is 518 g/mol. The Morgan fingerprint density at radius 1 is 0.886 bits per heavy atom. The fourth-order valence-electron chi connectivity index (χ4n) is 2.13. The SMILES string of the molecule is C=C(C)C(=O)OCC(OCOC(=O)C(=C)CC(C)(C)C(=O)OCC(C)OP(=O)(O)O)OP(=O)(O)O. The largest absolute Gasteiger partial charge is 0.472 e. The van der Waals surface area contributed by atoms with Crippen molar-refractivity contribution in [3.63, 3.8) is 0 Å². The summed E-state index contributed by atoms with van der Waals surface area (Å²) in [6, 6.07) is 0. The van der Waals surface area contributed by atoms with Crippen LogP contribution in [0.2, 0.25) is 0 Å². The van der Waals surface area contributed by atoms with E-state index in [1.165, 1.54) is 27.7 Å². The highest BCUT2D eigenvalue weighted by atomic mass is 31.2. The van der Waals surface area contributed by atoms with E-state index < -0.39 is 71.4 Å². The molecule has 0 rings (SSSR count). The molecule has 0 aromatic heterocycles. The van der Waals surface area contributed by atoms with Crippen molar-refractivity contribution < 1.29 is 71.1 Å². The number of phosphoric acid groups is 2. The molecule has 0 saturated carbocycles. The van der Waals surface area contributed by atoms with Crippen molar-refractivity contribution in [3.8, 4) is 0 Å². The zero-order chi connectivity index (χ0) is 27.6. The molecule has 0 saturated heterocycles. The molecule has 35 heavy (non-hydrogen) atoms. The molecule has 0 heterocycles. The van der Waals surface area contributed by atoms with Gasteiger partial charge in [-0.2, -0.15) is 0 Å². The lowest BCUT2D eigenvalue weighted by Gasteiger charge is -2.24. The van der Waals surface area contributed by atoms with Gasteiger partial charge in [-0.05, 0) is 34.1 Å². The topological polar surface area (TPSA) is 222 Å². The number of ether oxygens (including phenoxy) is 4. The number of hydrogen-bond donors (Lipinski definition) is 4. The Morgan fingerprint density at radius 3 is 1.91 bits per heavy atom. The fourth-order valence-corrected chi connectivity index (χ4v) is 3.08. The van der Waals surface area contributed by atoms with Crippen LogP contribution in [0.15, 0.2) is 24.3 Å². The summed E-state index contributed by atoms with van der Waals surface area (Å²) in [5.74, 6) is -2.73. The van der Waals surface area contributed by atoms with E-state index in [1.807, 2.05) is 0 Å². The Labute approximate surface area is 201 Å². The second kappa shape index (κ2) is 14.0. The maximum absolute atomic E-state index is 12.3. The van der Waals surface area contributed by atoms with E-state index in [4.69, 9.17) is 33.8 Å². The minimum atomic E-state index is -5.05. The van der Waals surface area contributed by atoms with Crippen LogP contribution < -0.4 is 0 Å². The first-order valence-electron chi connectivity index (χ1n) is 9.67. The lowest BCUT2D eigenvalue weighted by atomic mass is 9.86. The van der Waals surface area contributed by atoms with Gasteiger partial charge in [-0.1, -0.05) is 13.2 Å². The van der Waals surface area contributed by atoms with Crippen molar-refractivity contribution in [1.82, 2.24) is 0 Å². The molecule has 2 unspecified atom stereocenters. The van der Waals surface area contributed by atoms with Crippen molar-refractivity contribution in [1.29, 1.82) is 0 Å². The summed E-state index contributed by atoms with van der Waals surface area (Å²) < 4.78 is 49.7. The third-order valence-corrected chi connectivity index (χ3v) is 4.81. The zero-order valence-corrected chi connectivity index (χ0v) is 21.4. The smallest absolute Gasteiger partial charge is 0.463 e. The lowest BCUT2D eigenvalue weighted by molar-refractivity contribution is -0.192. The molecule has 0 spiro atoms. The third-order valence-electron chi connectivity index (χ3n) is 3.66. The van der Waals surface area contributed by atoms with Gasteiger partial charge in [0.2, 0.25) is 6.29 Å². The summed E-state index contributed by atoms with van der Waals surface area (Å²) >= 11 is 0. The summed E-state index contributed by atoms with van der Waals surface area (Å²) in [5.41, 5.74) is -1.49. The number of esters is 3. The average molecular weight is 548 g/mol. The van der Waals surface area contributed by atoms with Gasteiger partial charge in [0, 0.05) is 11.1 Å². The molecule has 202 valence electrons. The van der Waals surface area contributed by atoms with E-state index >= 15 is 0 Å². The van der Waals surface area contributed by atoms with Crippen molar-refractivity contribution in [2.45, 2.75) is 46.5 Å². The molecule has 0 aliphatic rings. The summed E-state index contributed by atoms with van der Waals surface area (Å²) in [6.45, 7) is 10.2. The fraction of sp³-hybridized carbons (Fsp3) is 0.611. The monoisotopic (exact) mass is 548 g/mol. The van der Waals surface area contributed by atoms with Crippen LogP contribution in [0.25, 0.3) is 0 Å². The van der Waals surface area contributed by atoms with Crippen LogP contribution in [0.1, 0.15) is 34.1 Å². The summed E-state index contributed by atoms with van der Waals surface area (Å²) in [5, 5.41) is 0. The molecule has 0 fully saturated rings. The van der Waals surface area contributed by atoms with Crippen molar-refractivity contribution >= 4 is 33.6 Å². The van der Waals surface area contributed by atoms with Gasteiger partial charge in [-0.15, -0.1) is 0 Å². The van der Waals surface area contributed by atoms with Crippen molar-refractivity contribution in [2.24, 2.45) is 5.41 Å². The highest BCUT2D eigenvalue weighted by Crippen LogP contribution is 2.38. The van der Waals surface area contributed by atoms with E-state index in [-0.39, 0.29) is 17.6 Å². The number of hydrogen-bond acceptors (Lipinski definition) is 11. The molecule has 17 heteroatoms. The molecule has 2 atom stereocenters. The van der Waals surface area contributed by atoms with Crippen LogP contribution in [-0.4, -0.2) is 69.9 Å². The molecule has 0 radical (unpaired) electrons. The first kappa shape index (κ1) is 33.1. The van der Waals surface area contributed by atoms with Crippen molar-refractivity contribution in [2.75, 3.05) is 20.0 Å². The molecule has 0 bridgehead atoms. The Bertz CT molecular complexity index is 884. The van der Waals surface area contributed by atoms with E-state index in [1.54, 1.807) is 0 Å². The summed E-state index contributed by atoms with van der Waals surface area (Å²) in [4.78, 5) is 71.1. The predicted molar refractivity (Wildman–Crippen MR) is 116 cm³/mol. The van der Waals surface area contributed by atoms with Gasteiger partial charge in [0.25, 0.3) is 0 Å². The van der Waals surface area contributed by atoms with Crippen LogP contribution >= 0.6 is 15.6 Å². The number of rotatable bonds is 16. The minimum absolute atomic E-state index is 0.00701. The summed E-state index contributed by atoms with van der Waals surface area (Å²) in [7, 11) is -9.81. The quantitative estimate of drug-likeness (QED) is 0.0696. The van der Waals surface area contributed by atoms with Crippen LogP contribution in [-0.2, 0) is 51.5 Å². The minimum Gasteiger partial charge on any atom is -0.463 e. The number of carbonyl (C=O) groups excluding carboxylic acids is 3. The maximum atomic E-state index is 12.3. The Balaban J connectivity index is 4.76. The van der Waals surface area contributed by atoms with Crippen LogP contribution in [0.5, 0.6) is 0 Å². The second-order valence-electron chi connectivity index (χ2n) is 7.79. The lowest BCUT2D eigenvalue weighted by Crippen LogP contribution is -2.31. The van der Waals surface area contributed by atoms with Gasteiger partial charge in [-0.25, -0.2) is 18.7 Å². The molecular formula is C18H30O15P2. The third kappa shape index (κ3) is 15.6. The molecule has 0 aromatic rings. The van der Waals surface area contributed by atoms with Gasteiger partial charge in [-0.3, -0.25) is 13.8 Å². The average Bonchev–Trinajstić information content (AvgIpc) is 2.66. The van der Waals surface area contributed by atoms with E-state index in [0.29, 0.717) is 0 Å². The van der Waals surface area contributed by atoms with Crippen LogP contribution in [0.4, 0.5) is 0 Å². The predicted octanol–water partition coefficient (Wildman–Crippen LogP) is 1.07. The van der Waals surface area contributed by atoms with Gasteiger partial charge in [0.05, 0.1) is 5.41 Å². The molecule has 0 aromatic carbocycles. The Hall–Kier alpha value is -1.93. The molecule has 0 aliphatic carbocycles. The van der Waals surface area contributed by atoms with E-state index in [9.17, 15) is 23.5 Å². The Kier molecular flexibility index (Phi) is 13.2. The number of phosphoric ester groups is 2. The maximum Gasteiger partial charge on any atom is 0.472 e. The van der Waals surface area contributed by atoms with E-state index in [0.717, 1.165) is 0 Å². The Morgan fingerprint density at radius 2 is 1.43 bits per heavy atom. The van der Waals surface area contributed by atoms with Gasteiger partial charge >= 0.3 is 33.6 Å². The zero-order valence-electron chi connectivity index (χ0n) is 19.6. The molecule has 4 N–H and O–H groups in total. The van der Waals surface area contributed by atoms with Crippen LogP contribution in [0, 0.1) is 5.41 Å². The summed E-state index contributed by atoms with van der Waals surface area (Å²) in [6.07, 6.45) is -3.14. The van der Waals surface area contributed by atoms with Crippen molar-refractivity contribution in [3.05, 3.63) is 24.3 Å². The van der Waals surface area contributed by atoms with Gasteiger partial charge in [0.15, 0.2) is 6.79 Å². The highest BCUT2D eigenvalue weighted by molar-refractivity contribution is 7.46. The molecule has 0 aliphatic heterocycles. The normalized spacial score (nSPS) is 13.9. The molecule has 15 nitrogen and oxygen atoms in total. The van der Waals surface area contributed by atoms with Gasteiger partial charge in [0.1, 0.15) is 19.3 Å².